The standard InChI is InChI=1S/C13H27NO2/c1-3-5-13-10-12(7-9-16-13)14-11(4-2)6-8-15/h11-15H,3-10H2,1-2H3. The molecule has 0 amide bonds. The second kappa shape index (κ2) is 8.04. The van der Waals surface area contributed by atoms with E-state index < -0.39 is 0 Å². The molecular weight excluding hydrogens is 202 g/mol. The third-order valence-corrected chi connectivity index (χ3v) is 3.42. The van der Waals surface area contributed by atoms with Gasteiger partial charge in [0.2, 0.25) is 0 Å². The topological polar surface area (TPSA) is 41.5 Å². The van der Waals surface area contributed by atoms with Crippen LogP contribution in [0.1, 0.15) is 52.4 Å². The molecule has 1 aliphatic rings. The van der Waals surface area contributed by atoms with Crippen LogP contribution >= 0.6 is 0 Å². The van der Waals surface area contributed by atoms with E-state index in [0.717, 1.165) is 32.3 Å². The largest absolute Gasteiger partial charge is 0.396 e. The molecule has 1 saturated heterocycles. The molecule has 3 heteroatoms. The molecule has 1 heterocycles. The number of hydrogen-bond donors (Lipinski definition) is 2. The Morgan fingerprint density at radius 3 is 2.88 bits per heavy atom. The maximum absolute atomic E-state index is 8.97. The second-order valence-electron chi connectivity index (χ2n) is 4.79. The predicted molar refractivity (Wildman–Crippen MR) is 66.6 cm³/mol. The molecule has 0 bridgehead atoms. The molecule has 0 aromatic rings. The van der Waals surface area contributed by atoms with Crippen molar-refractivity contribution < 1.29 is 9.84 Å². The van der Waals surface area contributed by atoms with Gasteiger partial charge in [0.15, 0.2) is 0 Å². The van der Waals surface area contributed by atoms with Crippen molar-refractivity contribution in [3.63, 3.8) is 0 Å². The molecule has 16 heavy (non-hydrogen) atoms. The molecule has 0 aromatic carbocycles. The van der Waals surface area contributed by atoms with Crippen LogP contribution in [0.25, 0.3) is 0 Å². The number of aliphatic hydroxyl groups excluding tert-OH is 1. The molecule has 1 fully saturated rings. The molecule has 3 nitrogen and oxygen atoms in total. The first-order valence-electron chi connectivity index (χ1n) is 6.78. The van der Waals surface area contributed by atoms with Crippen LogP contribution in [-0.4, -0.2) is 36.5 Å². The third-order valence-electron chi connectivity index (χ3n) is 3.42. The molecule has 0 spiro atoms. The van der Waals surface area contributed by atoms with E-state index in [9.17, 15) is 0 Å². The summed E-state index contributed by atoms with van der Waals surface area (Å²) in [4.78, 5) is 0. The zero-order chi connectivity index (χ0) is 11.8. The van der Waals surface area contributed by atoms with E-state index in [1.165, 1.54) is 12.8 Å². The van der Waals surface area contributed by atoms with Gasteiger partial charge in [0.05, 0.1) is 6.10 Å². The molecule has 1 rings (SSSR count). The van der Waals surface area contributed by atoms with Crippen molar-refractivity contribution in [1.82, 2.24) is 5.32 Å². The lowest BCUT2D eigenvalue weighted by Gasteiger charge is -2.32. The Hall–Kier alpha value is -0.120. The lowest BCUT2D eigenvalue weighted by molar-refractivity contribution is -0.00552. The van der Waals surface area contributed by atoms with Gasteiger partial charge in [-0.25, -0.2) is 0 Å². The summed E-state index contributed by atoms with van der Waals surface area (Å²) in [7, 11) is 0. The fourth-order valence-electron chi connectivity index (χ4n) is 2.45. The number of rotatable bonds is 7. The average molecular weight is 229 g/mol. The Labute approximate surface area is 99.6 Å². The smallest absolute Gasteiger partial charge is 0.0589 e. The third kappa shape index (κ3) is 4.81. The van der Waals surface area contributed by atoms with Gasteiger partial charge in [0, 0.05) is 25.3 Å². The molecule has 0 aromatic heterocycles. The van der Waals surface area contributed by atoms with Crippen LogP contribution < -0.4 is 5.32 Å². The average Bonchev–Trinajstić information content (AvgIpc) is 2.29. The van der Waals surface area contributed by atoms with Crippen molar-refractivity contribution in [2.24, 2.45) is 0 Å². The Kier molecular flexibility index (Phi) is 7.01. The molecular formula is C13H27NO2. The Balaban J connectivity index is 2.29. The Morgan fingerprint density at radius 2 is 2.25 bits per heavy atom. The van der Waals surface area contributed by atoms with Gasteiger partial charge in [-0.1, -0.05) is 20.3 Å². The Bertz CT molecular complexity index is 173. The molecule has 96 valence electrons. The summed E-state index contributed by atoms with van der Waals surface area (Å²) < 4.78 is 5.73. The number of hydrogen-bond acceptors (Lipinski definition) is 3. The lowest BCUT2D eigenvalue weighted by Crippen LogP contribution is -2.44. The van der Waals surface area contributed by atoms with Crippen molar-refractivity contribution in [3.05, 3.63) is 0 Å². The predicted octanol–water partition coefficient (Wildman–Crippen LogP) is 2.08. The summed E-state index contributed by atoms with van der Waals surface area (Å²) in [6.07, 6.45) is 7.03. The van der Waals surface area contributed by atoms with Crippen LogP contribution in [-0.2, 0) is 4.74 Å². The minimum Gasteiger partial charge on any atom is -0.396 e. The SMILES string of the molecule is CCCC1CC(NC(CC)CCO)CCO1. The van der Waals surface area contributed by atoms with Crippen LogP contribution in [0.15, 0.2) is 0 Å². The van der Waals surface area contributed by atoms with Gasteiger partial charge in [-0.15, -0.1) is 0 Å². The van der Waals surface area contributed by atoms with Crippen molar-refractivity contribution >= 4 is 0 Å². The van der Waals surface area contributed by atoms with Crippen molar-refractivity contribution in [3.8, 4) is 0 Å². The van der Waals surface area contributed by atoms with E-state index in [1.54, 1.807) is 0 Å². The minimum absolute atomic E-state index is 0.285. The summed E-state index contributed by atoms with van der Waals surface area (Å²) >= 11 is 0. The van der Waals surface area contributed by atoms with Crippen LogP contribution in [0.3, 0.4) is 0 Å². The first-order valence-corrected chi connectivity index (χ1v) is 6.78. The van der Waals surface area contributed by atoms with Crippen LogP contribution in [0.2, 0.25) is 0 Å². The lowest BCUT2D eigenvalue weighted by atomic mass is 9.98. The summed E-state index contributed by atoms with van der Waals surface area (Å²) in [5.74, 6) is 0. The van der Waals surface area contributed by atoms with E-state index in [4.69, 9.17) is 9.84 Å². The van der Waals surface area contributed by atoms with Crippen molar-refractivity contribution in [1.29, 1.82) is 0 Å². The zero-order valence-corrected chi connectivity index (χ0v) is 10.7. The highest BCUT2D eigenvalue weighted by molar-refractivity contribution is 4.80. The summed E-state index contributed by atoms with van der Waals surface area (Å²) in [5, 5.41) is 12.6. The van der Waals surface area contributed by atoms with Gasteiger partial charge < -0.3 is 15.2 Å². The van der Waals surface area contributed by atoms with Gasteiger partial charge >= 0.3 is 0 Å². The second-order valence-corrected chi connectivity index (χ2v) is 4.79. The first kappa shape index (κ1) is 13.9. The highest BCUT2D eigenvalue weighted by Gasteiger charge is 2.23. The normalized spacial score (nSPS) is 27.9. The molecule has 0 saturated carbocycles. The summed E-state index contributed by atoms with van der Waals surface area (Å²) in [6, 6.07) is 1.05. The summed E-state index contributed by atoms with van der Waals surface area (Å²) in [5.41, 5.74) is 0. The van der Waals surface area contributed by atoms with Crippen molar-refractivity contribution in [2.45, 2.75) is 70.6 Å². The summed E-state index contributed by atoms with van der Waals surface area (Å²) in [6.45, 7) is 5.56. The highest BCUT2D eigenvalue weighted by Crippen LogP contribution is 2.18. The van der Waals surface area contributed by atoms with E-state index >= 15 is 0 Å². The van der Waals surface area contributed by atoms with E-state index in [0.29, 0.717) is 18.2 Å². The zero-order valence-electron chi connectivity index (χ0n) is 10.7. The van der Waals surface area contributed by atoms with Gasteiger partial charge in [0.1, 0.15) is 0 Å². The molecule has 2 N–H and O–H groups in total. The molecule has 3 atom stereocenters. The van der Waals surface area contributed by atoms with Crippen LogP contribution in [0, 0.1) is 0 Å². The highest BCUT2D eigenvalue weighted by atomic mass is 16.5. The fraction of sp³-hybridized carbons (Fsp3) is 1.00. The van der Waals surface area contributed by atoms with E-state index in [2.05, 4.69) is 19.2 Å². The fourth-order valence-corrected chi connectivity index (χ4v) is 2.45. The maximum Gasteiger partial charge on any atom is 0.0589 e. The van der Waals surface area contributed by atoms with Gasteiger partial charge in [0.25, 0.3) is 0 Å². The van der Waals surface area contributed by atoms with Crippen molar-refractivity contribution in [2.75, 3.05) is 13.2 Å². The van der Waals surface area contributed by atoms with Gasteiger partial charge in [-0.05, 0) is 32.1 Å². The van der Waals surface area contributed by atoms with Crippen LogP contribution in [0.4, 0.5) is 0 Å². The number of nitrogens with one attached hydrogen (secondary N) is 1. The van der Waals surface area contributed by atoms with Gasteiger partial charge in [-0.3, -0.25) is 0 Å². The van der Waals surface area contributed by atoms with E-state index in [1.807, 2.05) is 0 Å². The maximum atomic E-state index is 8.97. The molecule has 0 radical (unpaired) electrons. The van der Waals surface area contributed by atoms with E-state index in [-0.39, 0.29) is 6.61 Å². The molecule has 0 aliphatic carbocycles. The number of ether oxygens (including phenoxy) is 1. The quantitative estimate of drug-likeness (QED) is 0.702. The number of aliphatic hydroxyl groups is 1. The first-order chi connectivity index (χ1) is 7.80. The van der Waals surface area contributed by atoms with Crippen LogP contribution in [0.5, 0.6) is 0 Å². The minimum atomic E-state index is 0.285. The van der Waals surface area contributed by atoms with Gasteiger partial charge in [-0.2, -0.15) is 0 Å². The Morgan fingerprint density at radius 1 is 1.44 bits per heavy atom. The molecule has 3 unspecified atom stereocenters. The molecule has 1 aliphatic heterocycles. The monoisotopic (exact) mass is 229 g/mol.